The number of nitrogens with zero attached hydrogens (tertiary/aromatic N) is 1. The van der Waals surface area contributed by atoms with Gasteiger partial charge in [-0.05, 0) is 30.7 Å². The SMILES string of the molecule is CC(N)c1cccc(NC(=O)c2ccn(C)c(=O)c2)c1. The molecule has 1 aromatic heterocycles. The maximum absolute atomic E-state index is 12.1. The third kappa shape index (κ3) is 3.13. The first-order chi connectivity index (χ1) is 9.47. The van der Waals surface area contributed by atoms with E-state index in [0.29, 0.717) is 11.3 Å². The predicted octanol–water partition coefficient (Wildman–Crippen LogP) is 1.66. The second kappa shape index (κ2) is 5.71. The van der Waals surface area contributed by atoms with Crippen LogP contribution in [0.4, 0.5) is 5.69 Å². The van der Waals surface area contributed by atoms with Crippen LogP contribution in [0.3, 0.4) is 0 Å². The lowest BCUT2D eigenvalue weighted by Gasteiger charge is -2.09. The molecular formula is C15H17N3O2. The fourth-order valence-corrected chi connectivity index (χ4v) is 1.79. The summed E-state index contributed by atoms with van der Waals surface area (Å²) >= 11 is 0. The quantitative estimate of drug-likeness (QED) is 0.891. The van der Waals surface area contributed by atoms with Crippen LogP contribution in [-0.4, -0.2) is 10.5 Å². The number of hydrogen-bond donors (Lipinski definition) is 2. The first-order valence-electron chi connectivity index (χ1n) is 6.31. The summed E-state index contributed by atoms with van der Waals surface area (Å²) in [7, 11) is 1.64. The molecular weight excluding hydrogens is 254 g/mol. The number of carbonyl (C=O) groups excluding carboxylic acids is 1. The minimum absolute atomic E-state index is 0.101. The molecule has 0 spiro atoms. The van der Waals surface area contributed by atoms with Gasteiger partial charge in [0.2, 0.25) is 0 Å². The number of nitrogens with one attached hydrogen (secondary N) is 1. The number of carbonyl (C=O) groups is 1. The van der Waals surface area contributed by atoms with Gasteiger partial charge >= 0.3 is 0 Å². The topological polar surface area (TPSA) is 77.1 Å². The van der Waals surface area contributed by atoms with Crippen LogP contribution in [-0.2, 0) is 7.05 Å². The Balaban J connectivity index is 2.21. The van der Waals surface area contributed by atoms with Crippen molar-refractivity contribution in [3.8, 4) is 0 Å². The average molecular weight is 271 g/mol. The Bertz CT molecular complexity index is 690. The number of benzene rings is 1. The molecule has 5 heteroatoms. The molecule has 2 aromatic rings. The Labute approximate surface area is 117 Å². The second-order valence-electron chi connectivity index (χ2n) is 4.73. The lowest BCUT2D eigenvalue weighted by Crippen LogP contribution is -2.20. The van der Waals surface area contributed by atoms with Crippen molar-refractivity contribution in [3.63, 3.8) is 0 Å². The predicted molar refractivity (Wildman–Crippen MR) is 78.7 cm³/mol. The molecule has 0 fully saturated rings. The molecule has 0 saturated carbocycles. The van der Waals surface area contributed by atoms with Gasteiger partial charge in [0.15, 0.2) is 0 Å². The molecule has 20 heavy (non-hydrogen) atoms. The fourth-order valence-electron chi connectivity index (χ4n) is 1.79. The molecule has 3 N–H and O–H groups in total. The lowest BCUT2D eigenvalue weighted by molar-refractivity contribution is 0.102. The van der Waals surface area contributed by atoms with Crippen LogP contribution < -0.4 is 16.6 Å². The lowest BCUT2D eigenvalue weighted by atomic mass is 10.1. The number of aryl methyl sites for hydroxylation is 1. The summed E-state index contributed by atoms with van der Waals surface area (Å²) in [5.74, 6) is -0.315. The molecule has 0 aliphatic heterocycles. The molecule has 1 unspecified atom stereocenters. The normalized spacial score (nSPS) is 11.9. The molecule has 0 aliphatic carbocycles. The summed E-state index contributed by atoms with van der Waals surface area (Å²) in [6, 6.07) is 10.2. The number of nitrogens with two attached hydrogens (primary N) is 1. The van der Waals surface area contributed by atoms with E-state index >= 15 is 0 Å². The minimum Gasteiger partial charge on any atom is -0.324 e. The summed E-state index contributed by atoms with van der Waals surface area (Å²) in [5, 5.41) is 2.76. The number of hydrogen-bond acceptors (Lipinski definition) is 3. The highest BCUT2D eigenvalue weighted by atomic mass is 16.2. The van der Waals surface area contributed by atoms with Crippen LogP contribution in [0.15, 0.2) is 47.4 Å². The molecule has 0 aliphatic rings. The summed E-state index contributed by atoms with van der Waals surface area (Å²) < 4.78 is 1.41. The summed E-state index contributed by atoms with van der Waals surface area (Å²) in [6.45, 7) is 1.88. The van der Waals surface area contributed by atoms with E-state index in [1.165, 1.54) is 10.6 Å². The fraction of sp³-hybridized carbons (Fsp3) is 0.200. The van der Waals surface area contributed by atoms with E-state index in [1.807, 2.05) is 25.1 Å². The van der Waals surface area contributed by atoms with Crippen molar-refractivity contribution in [1.29, 1.82) is 0 Å². The molecule has 0 saturated heterocycles. The zero-order chi connectivity index (χ0) is 14.7. The average Bonchev–Trinajstić information content (AvgIpc) is 2.42. The van der Waals surface area contributed by atoms with E-state index in [2.05, 4.69) is 5.32 Å². The number of anilines is 1. The van der Waals surface area contributed by atoms with E-state index in [0.717, 1.165) is 5.56 Å². The first kappa shape index (κ1) is 14.0. The van der Waals surface area contributed by atoms with Crippen LogP contribution in [0.5, 0.6) is 0 Å². The van der Waals surface area contributed by atoms with Crippen molar-refractivity contribution in [2.24, 2.45) is 12.8 Å². The zero-order valence-electron chi connectivity index (χ0n) is 11.5. The van der Waals surface area contributed by atoms with Gasteiger partial charge in [-0.1, -0.05) is 12.1 Å². The maximum atomic E-state index is 12.1. The number of amides is 1. The summed E-state index contributed by atoms with van der Waals surface area (Å²) in [5.41, 5.74) is 7.51. The van der Waals surface area contributed by atoms with Gasteiger partial charge in [-0.2, -0.15) is 0 Å². The standard InChI is InChI=1S/C15H17N3O2/c1-10(16)11-4-3-5-13(8-11)17-15(20)12-6-7-18(2)14(19)9-12/h3-10H,16H2,1-2H3,(H,17,20). The van der Waals surface area contributed by atoms with Crippen molar-refractivity contribution < 1.29 is 4.79 Å². The molecule has 2 rings (SSSR count). The number of rotatable bonds is 3. The van der Waals surface area contributed by atoms with Crippen molar-refractivity contribution in [1.82, 2.24) is 4.57 Å². The number of pyridine rings is 1. The van der Waals surface area contributed by atoms with Gasteiger partial charge in [0.05, 0.1) is 0 Å². The van der Waals surface area contributed by atoms with Crippen molar-refractivity contribution in [2.75, 3.05) is 5.32 Å². The summed E-state index contributed by atoms with van der Waals surface area (Å²) in [6.07, 6.45) is 1.57. The van der Waals surface area contributed by atoms with E-state index in [9.17, 15) is 9.59 Å². The highest BCUT2D eigenvalue weighted by Gasteiger charge is 2.08. The number of aromatic nitrogens is 1. The molecule has 1 aromatic carbocycles. The molecule has 1 amide bonds. The van der Waals surface area contributed by atoms with Gasteiger partial charge in [-0.25, -0.2) is 0 Å². The molecule has 1 heterocycles. The van der Waals surface area contributed by atoms with Crippen LogP contribution in [0, 0.1) is 0 Å². The van der Waals surface area contributed by atoms with Gasteiger partial charge in [0, 0.05) is 36.6 Å². The first-order valence-corrected chi connectivity index (χ1v) is 6.31. The third-order valence-electron chi connectivity index (χ3n) is 3.04. The van der Waals surface area contributed by atoms with Crippen LogP contribution in [0.25, 0.3) is 0 Å². The van der Waals surface area contributed by atoms with Crippen molar-refractivity contribution in [3.05, 3.63) is 64.1 Å². The largest absolute Gasteiger partial charge is 0.324 e. The zero-order valence-corrected chi connectivity index (χ0v) is 11.5. The van der Waals surface area contributed by atoms with Crippen LogP contribution in [0.2, 0.25) is 0 Å². The van der Waals surface area contributed by atoms with Gasteiger partial charge in [0.1, 0.15) is 0 Å². The van der Waals surface area contributed by atoms with Gasteiger partial charge in [0.25, 0.3) is 11.5 Å². The minimum atomic E-state index is -0.315. The van der Waals surface area contributed by atoms with E-state index in [-0.39, 0.29) is 17.5 Å². The molecule has 5 nitrogen and oxygen atoms in total. The highest BCUT2D eigenvalue weighted by molar-refractivity contribution is 6.04. The third-order valence-corrected chi connectivity index (χ3v) is 3.04. The molecule has 1 atom stereocenters. The molecule has 0 radical (unpaired) electrons. The van der Waals surface area contributed by atoms with E-state index in [1.54, 1.807) is 25.4 Å². The highest BCUT2D eigenvalue weighted by Crippen LogP contribution is 2.16. The smallest absolute Gasteiger partial charge is 0.255 e. The Kier molecular flexibility index (Phi) is 4.00. The van der Waals surface area contributed by atoms with Gasteiger partial charge < -0.3 is 15.6 Å². The second-order valence-corrected chi connectivity index (χ2v) is 4.73. The van der Waals surface area contributed by atoms with Gasteiger partial charge in [-0.15, -0.1) is 0 Å². The van der Waals surface area contributed by atoms with Crippen LogP contribution >= 0.6 is 0 Å². The monoisotopic (exact) mass is 271 g/mol. The Hall–Kier alpha value is -2.40. The Morgan fingerprint density at radius 2 is 2.05 bits per heavy atom. The van der Waals surface area contributed by atoms with Gasteiger partial charge in [-0.3, -0.25) is 9.59 Å². The summed E-state index contributed by atoms with van der Waals surface area (Å²) in [4.78, 5) is 23.6. The Morgan fingerprint density at radius 1 is 1.30 bits per heavy atom. The van der Waals surface area contributed by atoms with E-state index < -0.39 is 0 Å². The maximum Gasteiger partial charge on any atom is 0.255 e. The van der Waals surface area contributed by atoms with Crippen molar-refractivity contribution >= 4 is 11.6 Å². The molecule has 0 bridgehead atoms. The van der Waals surface area contributed by atoms with Crippen molar-refractivity contribution in [2.45, 2.75) is 13.0 Å². The Morgan fingerprint density at radius 3 is 2.70 bits per heavy atom. The molecule has 104 valence electrons. The van der Waals surface area contributed by atoms with Crippen LogP contribution in [0.1, 0.15) is 28.9 Å². The van der Waals surface area contributed by atoms with E-state index in [4.69, 9.17) is 5.73 Å².